The molecule has 8 heteroatoms. The van der Waals surface area contributed by atoms with E-state index in [0.29, 0.717) is 0 Å². The number of hydrogen-bond acceptors (Lipinski definition) is 5. The van der Waals surface area contributed by atoms with Crippen LogP contribution in [-0.4, -0.2) is 46.3 Å². The van der Waals surface area contributed by atoms with Crippen molar-refractivity contribution < 1.29 is 24.5 Å². The van der Waals surface area contributed by atoms with Gasteiger partial charge in [-0.25, -0.2) is 0 Å². The number of aliphatic carboxylic acids is 1. The lowest BCUT2D eigenvalue weighted by Crippen LogP contribution is -2.49. The molecule has 1 fully saturated rings. The number of H-pyrrole nitrogens is 1. The molecular formula is C12H14N2O6. The number of rotatable bonds is 3. The molecule has 4 N–H and O–H groups in total. The van der Waals surface area contributed by atoms with Crippen molar-refractivity contribution in [3.05, 3.63) is 28.0 Å². The first-order valence-corrected chi connectivity index (χ1v) is 5.88. The molecule has 1 saturated heterocycles. The quantitative estimate of drug-likeness (QED) is 0.580. The van der Waals surface area contributed by atoms with E-state index in [0.717, 1.165) is 12.1 Å². The highest BCUT2D eigenvalue weighted by Crippen LogP contribution is 2.28. The van der Waals surface area contributed by atoms with E-state index in [2.05, 4.69) is 10.3 Å². The molecule has 1 aliphatic rings. The van der Waals surface area contributed by atoms with Crippen LogP contribution in [0.5, 0.6) is 5.88 Å². The van der Waals surface area contributed by atoms with Crippen molar-refractivity contribution in [3.8, 4) is 5.88 Å². The maximum atomic E-state index is 12.0. The molecule has 8 nitrogen and oxygen atoms in total. The van der Waals surface area contributed by atoms with Crippen LogP contribution in [0.4, 0.5) is 0 Å². The number of ether oxygens (including phenoxy) is 1. The minimum absolute atomic E-state index is 0.00605. The van der Waals surface area contributed by atoms with E-state index in [9.17, 15) is 24.6 Å². The monoisotopic (exact) mass is 282 g/mol. The first kappa shape index (κ1) is 14.1. The largest absolute Gasteiger partial charge is 0.494 e. The maximum absolute atomic E-state index is 12.0. The normalized spacial score (nSPS) is 25.4. The van der Waals surface area contributed by atoms with E-state index in [1.165, 1.54) is 6.92 Å². The van der Waals surface area contributed by atoms with Crippen molar-refractivity contribution in [1.29, 1.82) is 0 Å². The van der Waals surface area contributed by atoms with E-state index in [4.69, 9.17) is 4.74 Å². The topological polar surface area (TPSA) is 129 Å². The number of carboxylic acid groups (broad SMARTS) is 1. The summed E-state index contributed by atoms with van der Waals surface area (Å²) in [5, 5.41) is 20.9. The standard InChI is InChI=1S/C12H14N2O6/c1-12(11(18)19)5-20-4-7(12)13-10(17)6-2-8(15)14-9(16)3-6/h2-3,7H,4-5H2,1H3,(H,13,17)(H,18,19)(H2,14,15,16). The number of aromatic hydroxyl groups is 1. The molecule has 0 saturated carbocycles. The van der Waals surface area contributed by atoms with Gasteiger partial charge in [0.1, 0.15) is 5.41 Å². The maximum Gasteiger partial charge on any atom is 0.313 e. The van der Waals surface area contributed by atoms with E-state index in [1.807, 2.05) is 0 Å². The molecule has 1 amide bonds. The number of aromatic nitrogens is 1. The van der Waals surface area contributed by atoms with Crippen LogP contribution in [0.3, 0.4) is 0 Å². The minimum atomic E-state index is -1.22. The smallest absolute Gasteiger partial charge is 0.313 e. The summed E-state index contributed by atoms with van der Waals surface area (Å²) >= 11 is 0. The Balaban J connectivity index is 2.19. The van der Waals surface area contributed by atoms with Crippen molar-refractivity contribution in [2.45, 2.75) is 13.0 Å². The van der Waals surface area contributed by atoms with Crippen LogP contribution in [0.15, 0.2) is 16.9 Å². The Kier molecular flexibility index (Phi) is 3.49. The van der Waals surface area contributed by atoms with E-state index in [-0.39, 0.29) is 18.8 Å². The molecule has 108 valence electrons. The summed E-state index contributed by atoms with van der Waals surface area (Å²) in [4.78, 5) is 36.5. The van der Waals surface area contributed by atoms with Crippen LogP contribution < -0.4 is 10.9 Å². The Labute approximate surface area is 113 Å². The molecule has 1 aliphatic heterocycles. The van der Waals surface area contributed by atoms with Gasteiger partial charge in [-0.1, -0.05) is 0 Å². The molecule has 2 unspecified atom stereocenters. The minimum Gasteiger partial charge on any atom is -0.494 e. The lowest BCUT2D eigenvalue weighted by molar-refractivity contribution is -0.148. The summed E-state index contributed by atoms with van der Waals surface area (Å²) in [7, 11) is 0. The molecule has 0 aromatic carbocycles. The number of hydrogen-bond donors (Lipinski definition) is 4. The van der Waals surface area contributed by atoms with Gasteiger partial charge in [0.25, 0.3) is 11.5 Å². The van der Waals surface area contributed by atoms with Crippen LogP contribution in [-0.2, 0) is 9.53 Å². The van der Waals surface area contributed by atoms with Gasteiger partial charge in [-0.05, 0) is 6.92 Å². The fraction of sp³-hybridized carbons (Fsp3) is 0.417. The summed E-state index contributed by atoms with van der Waals surface area (Å²) in [6, 6.07) is 1.39. The van der Waals surface area contributed by atoms with Gasteiger partial charge in [0.05, 0.1) is 24.8 Å². The number of pyridine rings is 1. The predicted octanol–water partition coefficient (Wildman–Crippen LogP) is -0.700. The Morgan fingerprint density at radius 3 is 2.80 bits per heavy atom. The van der Waals surface area contributed by atoms with Gasteiger partial charge in [0, 0.05) is 12.1 Å². The van der Waals surface area contributed by atoms with Crippen molar-refractivity contribution in [2.75, 3.05) is 13.2 Å². The van der Waals surface area contributed by atoms with Gasteiger partial charge in [-0.3, -0.25) is 19.4 Å². The second-order valence-corrected chi connectivity index (χ2v) is 4.88. The van der Waals surface area contributed by atoms with Crippen molar-refractivity contribution >= 4 is 11.9 Å². The molecule has 2 rings (SSSR count). The van der Waals surface area contributed by atoms with Crippen LogP contribution in [0.1, 0.15) is 17.3 Å². The lowest BCUT2D eigenvalue weighted by atomic mass is 9.85. The summed E-state index contributed by atoms with van der Waals surface area (Å²) in [5.74, 6) is -2.16. The van der Waals surface area contributed by atoms with Gasteiger partial charge in [0.15, 0.2) is 5.88 Å². The zero-order valence-electron chi connectivity index (χ0n) is 10.7. The molecule has 1 aromatic rings. The molecule has 20 heavy (non-hydrogen) atoms. The van der Waals surface area contributed by atoms with E-state index >= 15 is 0 Å². The van der Waals surface area contributed by atoms with Gasteiger partial charge < -0.3 is 20.3 Å². The Hall–Kier alpha value is -2.35. The lowest BCUT2D eigenvalue weighted by Gasteiger charge is -2.25. The molecule has 1 aromatic heterocycles. The van der Waals surface area contributed by atoms with Crippen molar-refractivity contribution in [1.82, 2.24) is 10.3 Å². The summed E-state index contributed by atoms with van der Waals surface area (Å²) < 4.78 is 5.11. The fourth-order valence-electron chi connectivity index (χ4n) is 1.99. The first-order valence-electron chi connectivity index (χ1n) is 5.88. The molecule has 2 heterocycles. The highest BCUT2D eigenvalue weighted by atomic mass is 16.5. The van der Waals surface area contributed by atoms with Gasteiger partial charge in [-0.2, -0.15) is 0 Å². The average molecular weight is 282 g/mol. The zero-order chi connectivity index (χ0) is 14.9. The highest BCUT2D eigenvalue weighted by Gasteiger charge is 2.47. The number of amides is 1. The summed E-state index contributed by atoms with van der Waals surface area (Å²) in [5.41, 5.74) is -1.90. The SMILES string of the molecule is CC1(C(=O)O)COCC1NC(=O)c1cc(O)[nH]c(=O)c1. The van der Waals surface area contributed by atoms with Crippen LogP contribution >= 0.6 is 0 Å². The average Bonchev–Trinajstić information content (AvgIpc) is 2.71. The number of nitrogens with one attached hydrogen (secondary N) is 2. The summed E-state index contributed by atoms with van der Waals surface area (Å²) in [6.45, 7) is 1.54. The molecule has 0 spiro atoms. The highest BCUT2D eigenvalue weighted by molar-refractivity contribution is 5.95. The van der Waals surface area contributed by atoms with Gasteiger partial charge in [0.2, 0.25) is 0 Å². The van der Waals surface area contributed by atoms with E-state index < -0.39 is 34.8 Å². The molecule has 0 bridgehead atoms. The number of carboxylic acids is 1. The van der Waals surface area contributed by atoms with Crippen LogP contribution in [0.25, 0.3) is 0 Å². The number of carbonyl (C=O) groups excluding carboxylic acids is 1. The predicted molar refractivity (Wildman–Crippen MR) is 66.5 cm³/mol. The van der Waals surface area contributed by atoms with Crippen LogP contribution in [0.2, 0.25) is 0 Å². The Morgan fingerprint density at radius 1 is 1.50 bits per heavy atom. The third kappa shape index (κ3) is 2.50. The zero-order valence-corrected chi connectivity index (χ0v) is 10.7. The van der Waals surface area contributed by atoms with Gasteiger partial charge >= 0.3 is 5.97 Å². The van der Waals surface area contributed by atoms with Gasteiger partial charge in [-0.15, -0.1) is 0 Å². The van der Waals surface area contributed by atoms with Crippen molar-refractivity contribution in [3.63, 3.8) is 0 Å². The number of carbonyl (C=O) groups is 2. The fourth-order valence-corrected chi connectivity index (χ4v) is 1.99. The molecular weight excluding hydrogens is 268 g/mol. The van der Waals surface area contributed by atoms with Crippen LogP contribution in [0, 0.1) is 5.41 Å². The molecule has 2 atom stereocenters. The first-order chi connectivity index (χ1) is 9.33. The second kappa shape index (κ2) is 4.97. The van der Waals surface area contributed by atoms with E-state index in [1.54, 1.807) is 0 Å². The van der Waals surface area contributed by atoms with Crippen molar-refractivity contribution in [2.24, 2.45) is 5.41 Å². The second-order valence-electron chi connectivity index (χ2n) is 4.88. The molecule has 0 radical (unpaired) electrons. The molecule has 0 aliphatic carbocycles. The number of aromatic amines is 1. The Morgan fingerprint density at radius 2 is 2.20 bits per heavy atom. The Bertz CT molecular complexity index is 610. The summed E-state index contributed by atoms with van der Waals surface area (Å²) in [6.07, 6.45) is 0. The third-order valence-electron chi connectivity index (χ3n) is 3.34. The third-order valence-corrected chi connectivity index (χ3v) is 3.34.